The molecule has 302 valence electrons. The van der Waals surface area contributed by atoms with Gasteiger partial charge >= 0.3 is 309 Å². The molecule has 0 bridgehead atoms. The van der Waals surface area contributed by atoms with Crippen molar-refractivity contribution in [3.63, 3.8) is 0 Å². The van der Waals surface area contributed by atoms with Crippen LogP contribution in [-0.4, -0.2) is 231 Å². The van der Waals surface area contributed by atoms with Crippen LogP contribution < -0.4 is 0 Å². The van der Waals surface area contributed by atoms with Gasteiger partial charge in [0.2, 0.25) is 0 Å². The zero-order valence-corrected chi connectivity index (χ0v) is 40.9. The van der Waals surface area contributed by atoms with Gasteiger partial charge in [-0.1, -0.05) is 0 Å². The fraction of sp³-hybridized carbons (Fsp3) is 0.963. The van der Waals surface area contributed by atoms with Gasteiger partial charge in [0.1, 0.15) is 0 Å². The fourth-order valence-electron chi connectivity index (χ4n) is 6.52. The first kappa shape index (κ1) is 50.3. The Kier molecular flexibility index (Phi) is 18.4. The Bertz CT molecular complexity index is 1070. The van der Waals surface area contributed by atoms with Crippen LogP contribution in [0.25, 0.3) is 0 Å². The van der Waals surface area contributed by atoms with Crippen molar-refractivity contribution in [3.8, 4) is 0 Å². The van der Waals surface area contributed by atoms with Gasteiger partial charge in [-0.2, -0.15) is 0 Å². The fourth-order valence-corrected chi connectivity index (χ4v) is 33.4. The van der Waals surface area contributed by atoms with Crippen LogP contribution in [0.4, 0.5) is 0 Å². The van der Waals surface area contributed by atoms with Gasteiger partial charge in [0.15, 0.2) is 0 Å². The molecule has 0 aliphatic carbocycles. The molecule has 0 radical (unpaired) electrons. The maximum absolute atomic E-state index is 14.5. The summed E-state index contributed by atoms with van der Waals surface area (Å²) in [5, 5.41) is 0. The minimum atomic E-state index is -5.43. The van der Waals surface area contributed by atoms with E-state index in [1.165, 1.54) is 0 Å². The van der Waals surface area contributed by atoms with Crippen LogP contribution in [0, 0.1) is 0 Å². The molecule has 0 aliphatic heterocycles. The topological polar surface area (TPSA) is 115 Å². The summed E-state index contributed by atoms with van der Waals surface area (Å²) >= 11 is 0. The van der Waals surface area contributed by atoms with Gasteiger partial charge in [-0.05, 0) is 0 Å². The zero-order chi connectivity index (χ0) is 40.2. The summed E-state index contributed by atoms with van der Waals surface area (Å²) in [4.78, 5) is 14.5. The second-order valence-corrected chi connectivity index (χ2v) is 33.0. The van der Waals surface area contributed by atoms with Gasteiger partial charge in [-0.15, -0.1) is 0 Å². The van der Waals surface area contributed by atoms with E-state index in [4.69, 9.17) is 22.6 Å². The summed E-state index contributed by atoms with van der Waals surface area (Å²) in [7, 11) is 30.8. The number of carbonyl (C=O) groups excluding carboxylic acids is 1. The second-order valence-electron chi connectivity index (χ2n) is 14.4. The van der Waals surface area contributed by atoms with Crippen molar-refractivity contribution >= 4 is 43.4 Å². The van der Waals surface area contributed by atoms with Crippen molar-refractivity contribution in [3.05, 3.63) is 0 Å². The van der Waals surface area contributed by atoms with Crippen molar-refractivity contribution in [2.24, 2.45) is 18.1 Å². The van der Waals surface area contributed by atoms with Crippen molar-refractivity contribution in [1.82, 2.24) is 56.0 Å². The van der Waals surface area contributed by atoms with Crippen LogP contribution in [0.1, 0.15) is 13.3 Å². The maximum atomic E-state index is 14.5. The molecule has 0 saturated heterocycles. The molecule has 0 heterocycles. The Labute approximate surface area is 308 Å². The molecule has 0 amide bonds. The first-order chi connectivity index (χ1) is 22.4. The summed E-state index contributed by atoms with van der Waals surface area (Å²) in [5.74, 6) is -0.477. The van der Waals surface area contributed by atoms with E-state index < -0.39 is 43.4 Å². The SMILES string of the molecule is CCC(=O)OP(N=P(N(C)C)(N(C)C)N(C)C)(N=P(N(C)C)(N(C)C)N(C)C)(N=P(N(C)C)(N(C)C)N(C)C)N=P(N(C)C)(N(C)C)N(C)C. The number of rotatable bonds is 18. The van der Waals surface area contributed by atoms with Crippen LogP contribution in [0.15, 0.2) is 18.1 Å². The summed E-state index contributed by atoms with van der Waals surface area (Å²) in [5.41, 5.74) is 0. The van der Waals surface area contributed by atoms with Gasteiger partial charge in [-0.25, -0.2) is 0 Å². The molecule has 0 aromatic rings. The molecule has 0 spiro atoms. The number of nitrogens with zero attached hydrogens (tertiary/aromatic N) is 16. The summed E-state index contributed by atoms with van der Waals surface area (Å²) in [6, 6.07) is 0. The molecule has 0 aliphatic rings. The third-order valence-corrected chi connectivity index (χ3v) is 30.4. The summed E-state index contributed by atoms with van der Waals surface area (Å²) < 4.78 is 56.8. The van der Waals surface area contributed by atoms with Crippen LogP contribution in [-0.2, 0) is 9.32 Å². The average Bonchev–Trinajstić information content (AvgIpc) is 2.94. The van der Waals surface area contributed by atoms with Crippen LogP contribution in [0.2, 0.25) is 0 Å². The van der Waals surface area contributed by atoms with E-state index in [0.717, 1.165) is 0 Å². The van der Waals surface area contributed by atoms with Gasteiger partial charge in [0.05, 0.1) is 0 Å². The minimum absolute atomic E-state index is 0.0807. The molecular weight excluding hydrogens is 735 g/mol. The molecule has 0 aromatic heterocycles. The standard InChI is InChI=1S/C27H77N16O2P5/c1-26-27(44)45-50(28-46(32(2)3,33(4)5)34(6)7,29-47(35(8)9,36(10)11)37(12)13,30-48(38(14)15,39(16)17)40(18)19)31-49(41(20)21,42(22)23)43(24)25/h26H2,1-25H3. The number of hydrogen-bond acceptors (Lipinski definition) is 6. The van der Waals surface area contributed by atoms with Crippen molar-refractivity contribution in [2.75, 3.05) is 169 Å². The Hall–Kier alpha value is 0.340. The Morgan fingerprint density at radius 3 is 0.620 bits per heavy atom. The first-order valence-corrected chi connectivity index (χ1v) is 24.7. The van der Waals surface area contributed by atoms with Gasteiger partial charge in [-0.3, -0.25) is 0 Å². The van der Waals surface area contributed by atoms with E-state index in [1.807, 2.05) is 169 Å². The molecule has 23 heteroatoms. The van der Waals surface area contributed by atoms with Gasteiger partial charge in [0, 0.05) is 0 Å². The van der Waals surface area contributed by atoms with Crippen molar-refractivity contribution in [2.45, 2.75) is 13.3 Å². The molecule has 0 aromatic carbocycles. The Morgan fingerprint density at radius 2 is 0.520 bits per heavy atom. The molecule has 0 saturated carbocycles. The molecule has 18 nitrogen and oxygen atoms in total. The van der Waals surface area contributed by atoms with E-state index in [-0.39, 0.29) is 6.42 Å². The molecule has 0 N–H and O–H groups in total. The predicted octanol–water partition coefficient (Wildman–Crippen LogP) is 5.59. The third-order valence-electron chi connectivity index (χ3n) is 8.10. The van der Waals surface area contributed by atoms with E-state index in [0.29, 0.717) is 0 Å². The zero-order valence-electron chi connectivity index (χ0n) is 36.4. The summed E-state index contributed by atoms with van der Waals surface area (Å²) in [6.07, 6.45) is 0.0807. The number of hydrogen-bond donors (Lipinski definition) is 0. The molecule has 0 rings (SSSR count). The van der Waals surface area contributed by atoms with Crippen LogP contribution in [0.3, 0.4) is 0 Å². The normalized spacial score (nSPS) is 15.3. The van der Waals surface area contributed by atoms with Crippen molar-refractivity contribution < 1.29 is 9.32 Å². The Morgan fingerprint density at radius 1 is 0.380 bits per heavy atom. The third kappa shape index (κ3) is 9.23. The van der Waals surface area contributed by atoms with Gasteiger partial charge < -0.3 is 0 Å². The molecule has 0 fully saturated rings. The van der Waals surface area contributed by atoms with E-state index in [2.05, 4.69) is 56.0 Å². The Balaban J connectivity index is 11.3. The predicted molar refractivity (Wildman–Crippen MR) is 225 cm³/mol. The quantitative estimate of drug-likeness (QED) is 0.160. The second kappa shape index (κ2) is 18.3. The van der Waals surface area contributed by atoms with Crippen LogP contribution >= 0.6 is 37.5 Å². The molecular formula is C27H77N16O2P5. The first-order valence-electron chi connectivity index (χ1n) is 16.4. The average molecular weight is 813 g/mol. The van der Waals surface area contributed by atoms with E-state index in [1.54, 1.807) is 6.92 Å². The number of carbonyl (C=O) groups is 1. The monoisotopic (exact) mass is 813 g/mol. The molecule has 0 atom stereocenters. The molecule has 0 unspecified atom stereocenters. The van der Waals surface area contributed by atoms with Crippen LogP contribution in [0.5, 0.6) is 0 Å². The molecule has 50 heavy (non-hydrogen) atoms. The van der Waals surface area contributed by atoms with Crippen molar-refractivity contribution in [1.29, 1.82) is 0 Å². The van der Waals surface area contributed by atoms with E-state index >= 15 is 0 Å². The van der Waals surface area contributed by atoms with Gasteiger partial charge in [0.25, 0.3) is 0 Å². The van der Waals surface area contributed by atoms with E-state index in [9.17, 15) is 4.79 Å². The summed E-state index contributed by atoms with van der Waals surface area (Å²) in [6.45, 7) is 1.80.